The van der Waals surface area contributed by atoms with Crippen LogP contribution in [0, 0.1) is 17.0 Å². The number of likely N-dealkylation sites (tertiary alicyclic amines) is 1. The summed E-state index contributed by atoms with van der Waals surface area (Å²) in [5.74, 6) is 0.361. The zero-order valence-electron chi connectivity index (χ0n) is 14.8. The standard InChI is InChI=1S/C19H23N3O4/c1-14-7-5-8-15(18(14)22(24)25)19(23)20-13-16(17-9-6-12-26-17)21-10-3-2-4-11-21/h5-9,12,16H,2-4,10-11,13H2,1H3,(H,20,23). The third-order valence-electron chi connectivity index (χ3n) is 4.82. The molecule has 138 valence electrons. The average Bonchev–Trinajstić information content (AvgIpc) is 3.16. The van der Waals surface area contributed by atoms with E-state index >= 15 is 0 Å². The highest BCUT2D eigenvalue weighted by Crippen LogP contribution is 2.26. The van der Waals surface area contributed by atoms with Crippen molar-refractivity contribution in [2.75, 3.05) is 19.6 Å². The van der Waals surface area contributed by atoms with Crippen molar-refractivity contribution in [3.05, 3.63) is 63.6 Å². The molecule has 1 aliphatic heterocycles. The summed E-state index contributed by atoms with van der Waals surface area (Å²) in [6.07, 6.45) is 5.08. The number of para-hydroxylation sites is 1. The summed E-state index contributed by atoms with van der Waals surface area (Å²) in [5, 5.41) is 14.2. The van der Waals surface area contributed by atoms with Crippen LogP contribution in [0.25, 0.3) is 0 Å². The lowest BCUT2D eigenvalue weighted by atomic mass is 10.1. The van der Waals surface area contributed by atoms with Crippen molar-refractivity contribution in [2.24, 2.45) is 0 Å². The van der Waals surface area contributed by atoms with Crippen molar-refractivity contribution in [3.63, 3.8) is 0 Å². The Labute approximate surface area is 152 Å². The molecule has 0 aliphatic carbocycles. The lowest BCUT2D eigenvalue weighted by Crippen LogP contribution is -2.40. The van der Waals surface area contributed by atoms with Gasteiger partial charge in [0, 0.05) is 12.1 Å². The minimum Gasteiger partial charge on any atom is -0.468 e. The largest absolute Gasteiger partial charge is 0.468 e. The van der Waals surface area contributed by atoms with Crippen LogP contribution < -0.4 is 5.32 Å². The van der Waals surface area contributed by atoms with Gasteiger partial charge in [-0.15, -0.1) is 0 Å². The molecule has 26 heavy (non-hydrogen) atoms. The number of hydrogen-bond acceptors (Lipinski definition) is 5. The van der Waals surface area contributed by atoms with Gasteiger partial charge >= 0.3 is 0 Å². The van der Waals surface area contributed by atoms with E-state index in [1.165, 1.54) is 12.5 Å². The van der Waals surface area contributed by atoms with Crippen molar-refractivity contribution in [1.82, 2.24) is 10.2 Å². The second kappa shape index (κ2) is 8.14. The summed E-state index contributed by atoms with van der Waals surface area (Å²) in [5.41, 5.74) is 0.422. The number of amides is 1. The van der Waals surface area contributed by atoms with Crippen LogP contribution in [-0.2, 0) is 0 Å². The zero-order chi connectivity index (χ0) is 18.5. The first kappa shape index (κ1) is 18.1. The zero-order valence-corrected chi connectivity index (χ0v) is 14.8. The Hall–Kier alpha value is -2.67. The molecule has 2 aromatic rings. The van der Waals surface area contributed by atoms with E-state index in [4.69, 9.17) is 4.42 Å². The SMILES string of the molecule is Cc1cccc(C(=O)NCC(c2ccco2)N2CCCCC2)c1[N+](=O)[O-]. The van der Waals surface area contributed by atoms with Crippen LogP contribution in [0.2, 0.25) is 0 Å². The molecule has 1 saturated heterocycles. The second-order valence-corrected chi connectivity index (χ2v) is 6.57. The normalized spacial score (nSPS) is 16.2. The topological polar surface area (TPSA) is 88.6 Å². The van der Waals surface area contributed by atoms with Crippen LogP contribution in [0.1, 0.15) is 47.0 Å². The molecular formula is C19H23N3O4. The molecule has 1 fully saturated rings. The van der Waals surface area contributed by atoms with E-state index in [-0.39, 0.29) is 17.3 Å². The average molecular weight is 357 g/mol. The summed E-state index contributed by atoms with van der Waals surface area (Å²) >= 11 is 0. The first-order valence-electron chi connectivity index (χ1n) is 8.87. The van der Waals surface area contributed by atoms with Crippen LogP contribution in [0.4, 0.5) is 5.69 Å². The molecule has 1 aromatic heterocycles. The van der Waals surface area contributed by atoms with Gasteiger partial charge < -0.3 is 9.73 Å². The first-order valence-corrected chi connectivity index (χ1v) is 8.87. The quantitative estimate of drug-likeness (QED) is 0.632. The minimum absolute atomic E-state index is 0.0712. The minimum atomic E-state index is -0.501. The molecule has 7 heteroatoms. The molecule has 1 N–H and O–H groups in total. The molecule has 2 heterocycles. The Bertz CT molecular complexity index is 767. The number of carbonyl (C=O) groups excluding carboxylic acids is 1. The van der Waals surface area contributed by atoms with Crippen molar-refractivity contribution >= 4 is 11.6 Å². The number of rotatable bonds is 6. The molecule has 7 nitrogen and oxygen atoms in total. The summed E-state index contributed by atoms with van der Waals surface area (Å²) in [4.78, 5) is 25.7. The predicted molar refractivity (Wildman–Crippen MR) is 97.0 cm³/mol. The van der Waals surface area contributed by atoms with Gasteiger partial charge in [-0.05, 0) is 51.1 Å². The number of nitro benzene ring substituents is 1. The van der Waals surface area contributed by atoms with Crippen molar-refractivity contribution in [1.29, 1.82) is 0 Å². The maximum absolute atomic E-state index is 12.6. The molecule has 0 spiro atoms. The molecule has 1 aromatic carbocycles. The van der Waals surface area contributed by atoms with Crippen LogP contribution in [-0.4, -0.2) is 35.4 Å². The number of nitrogens with one attached hydrogen (secondary N) is 1. The fourth-order valence-electron chi connectivity index (χ4n) is 3.49. The number of aryl methyl sites for hydroxylation is 1. The first-order chi connectivity index (χ1) is 12.6. The third-order valence-corrected chi connectivity index (χ3v) is 4.82. The van der Waals surface area contributed by atoms with E-state index in [1.54, 1.807) is 25.3 Å². The maximum atomic E-state index is 12.6. The number of nitro groups is 1. The molecule has 0 radical (unpaired) electrons. The highest BCUT2D eigenvalue weighted by Gasteiger charge is 2.27. The van der Waals surface area contributed by atoms with Crippen LogP contribution >= 0.6 is 0 Å². The molecule has 0 saturated carbocycles. The van der Waals surface area contributed by atoms with E-state index in [9.17, 15) is 14.9 Å². The Kier molecular flexibility index (Phi) is 5.68. The van der Waals surface area contributed by atoms with E-state index in [0.717, 1.165) is 31.7 Å². The smallest absolute Gasteiger partial charge is 0.285 e. The van der Waals surface area contributed by atoms with Crippen molar-refractivity contribution in [2.45, 2.75) is 32.2 Å². The Morgan fingerprint density at radius 2 is 2.04 bits per heavy atom. The van der Waals surface area contributed by atoms with Gasteiger partial charge in [-0.1, -0.05) is 18.6 Å². The van der Waals surface area contributed by atoms with Crippen LogP contribution in [0.3, 0.4) is 0 Å². The number of hydrogen-bond donors (Lipinski definition) is 1. The number of nitrogens with zero attached hydrogens (tertiary/aromatic N) is 2. The van der Waals surface area contributed by atoms with E-state index in [2.05, 4.69) is 10.2 Å². The highest BCUT2D eigenvalue weighted by molar-refractivity contribution is 5.98. The molecule has 3 rings (SSSR count). The maximum Gasteiger partial charge on any atom is 0.285 e. The summed E-state index contributed by atoms with van der Waals surface area (Å²) in [7, 11) is 0. The fourth-order valence-corrected chi connectivity index (χ4v) is 3.49. The van der Waals surface area contributed by atoms with Crippen molar-refractivity contribution < 1.29 is 14.1 Å². The van der Waals surface area contributed by atoms with E-state index in [1.807, 2.05) is 12.1 Å². The second-order valence-electron chi connectivity index (χ2n) is 6.57. The summed E-state index contributed by atoms with van der Waals surface area (Å²) in [6, 6.07) is 8.45. The van der Waals surface area contributed by atoms with Crippen LogP contribution in [0.5, 0.6) is 0 Å². The lowest BCUT2D eigenvalue weighted by Gasteiger charge is -2.33. The highest BCUT2D eigenvalue weighted by atomic mass is 16.6. The van der Waals surface area contributed by atoms with Gasteiger partial charge in [0.2, 0.25) is 0 Å². The van der Waals surface area contributed by atoms with Gasteiger partial charge in [-0.25, -0.2) is 0 Å². The lowest BCUT2D eigenvalue weighted by molar-refractivity contribution is -0.385. The summed E-state index contributed by atoms with van der Waals surface area (Å²) < 4.78 is 5.57. The molecule has 1 aliphatic rings. The third kappa shape index (κ3) is 3.94. The Balaban J connectivity index is 1.76. The predicted octanol–water partition coefficient (Wildman–Crippen LogP) is 3.45. The molecule has 1 amide bonds. The van der Waals surface area contributed by atoms with E-state index in [0.29, 0.717) is 12.1 Å². The molecule has 1 unspecified atom stereocenters. The van der Waals surface area contributed by atoms with Crippen molar-refractivity contribution in [3.8, 4) is 0 Å². The molecule has 0 bridgehead atoms. The van der Waals surface area contributed by atoms with E-state index < -0.39 is 10.8 Å². The number of benzene rings is 1. The van der Waals surface area contributed by atoms with Gasteiger partial charge in [0.15, 0.2) is 0 Å². The number of carbonyl (C=O) groups is 1. The molecular weight excluding hydrogens is 334 g/mol. The van der Waals surface area contributed by atoms with Crippen LogP contribution in [0.15, 0.2) is 41.0 Å². The van der Waals surface area contributed by atoms with Gasteiger partial charge in [0.25, 0.3) is 11.6 Å². The summed E-state index contributed by atoms with van der Waals surface area (Å²) in [6.45, 7) is 3.88. The van der Waals surface area contributed by atoms with Gasteiger partial charge in [0.1, 0.15) is 11.3 Å². The van der Waals surface area contributed by atoms with Gasteiger partial charge in [-0.3, -0.25) is 19.8 Å². The fraction of sp³-hybridized carbons (Fsp3) is 0.421. The Morgan fingerprint density at radius 1 is 1.27 bits per heavy atom. The Morgan fingerprint density at radius 3 is 2.69 bits per heavy atom. The number of piperidine rings is 1. The monoisotopic (exact) mass is 357 g/mol. The van der Waals surface area contributed by atoms with Gasteiger partial charge in [-0.2, -0.15) is 0 Å². The molecule has 1 atom stereocenters. The number of furan rings is 1. The van der Waals surface area contributed by atoms with Gasteiger partial charge in [0.05, 0.1) is 17.2 Å².